The second kappa shape index (κ2) is 4.16. The predicted molar refractivity (Wildman–Crippen MR) is 62.2 cm³/mol. The minimum absolute atomic E-state index is 0.133. The van der Waals surface area contributed by atoms with Gasteiger partial charge in [-0.1, -0.05) is 39.3 Å². The van der Waals surface area contributed by atoms with Gasteiger partial charge in [-0.15, -0.1) is 0 Å². The van der Waals surface area contributed by atoms with Gasteiger partial charge in [0.1, 0.15) is 12.0 Å². The Morgan fingerprint density at radius 1 is 1.33 bits per heavy atom. The number of benzene rings is 1. The lowest BCUT2D eigenvalue weighted by Gasteiger charge is -2.05. The summed E-state index contributed by atoms with van der Waals surface area (Å²) in [5, 5.41) is 3.91. The molecule has 0 amide bonds. The zero-order chi connectivity index (χ0) is 10.8. The molecule has 78 valence electrons. The number of halogens is 1. The zero-order valence-corrected chi connectivity index (χ0v) is 9.86. The monoisotopic (exact) mass is 266 g/mol. The van der Waals surface area contributed by atoms with Crippen LogP contribution in [0.5, 0.6) is 0 Å². The highest BCUT2D eigenvalue weighted by Gasteiger charge is 2.14. The Balaban J connectivity index is 2.55. The van der Waals surface area contributed by atoms with Crippen LogP contribution in [0.25, 0.3) is 11.1 Å². The molecule has 0 aliphatic carbocycles. The first-order chi connectivity index (χ1) is 7.20. The number of hydrogen-bond donors (Lipinski definition) is 1. The van der Waals surface area contributed by atoms with E-state index in [0.29, 0.717) is 0 Å². The Bertz CT molecular complexity index is 465. The van der Waals surface area contributed by atoms with E-state index in [1.54, 1.807) is 6.26 Å². The summed E-state index contributed by atoms with van der Waals surface area (Å²) in [4.78, 5) is 0. The summed E-state index contributed by atoms with van der Waals surface area (Å²) in [5.74, 6) is 0. The average molecular weight is 267 g/mol. The Morgan fingerprint density at radius 2 is 2.07 bits per heavy atom. The first kappa shape index (κ1) is 10.4. The topological polar surface area (TPSA) is 52.0 Å². The van der Waals surface area contributed by atoms with Gasteiger partial charge in [0.05, 0.1) is 0 Å². The van der Waals surface area contributed by atoms with Gasteiger partial charge >= 0.3 is 0 Å². The molecule has 0 saturated carbocycles. The van der Waals surface area contributed by atoms with Crippen molar-refractivity contribution in [2.24, 2.45) is 5.73 Å². The van der Waals surface area contributed by atoms with Crippen molar-refractivity contribution >= 4 is 15.9 Å². The Kier molecular flexibility index (Phi) is 2.88. The number of hydrogen-bond acceptors (Lipinski definition) is 3. The van der Waals surface area contributed by atoms with E-state index in [9.17, 15) is 0 Å². The molecular weight excluding hydrogens is 256 g/mol. The summed E-state index contributed by atoms with van der Waals surface area (Å²) in [6, 6.07) is 7.78. The number of nitrogens with two attached hydrogens (primary N) is 1. The Hall–Kier alpha value is -1.13. The third kappa shape index (κ3) is 1.96. The number of nitrogens with zero attached hydrogens (tertiary/aromatic N) is 1. The van der Waals surface area contributed by atoms with Crippen LogP contribution in [0, 0.1) is 0 Å². The minimum atomic E-state index is -0.133. The van der Waals surface area contributed by atoms with Crippen molar-refractivity contribution in [1.82, 2.24) is 5.16 Å². The van der Waals surface area contributed by atoms with E-state index in [4.69, 9.17) is 10.3 Å². The Morgan fingerprint density at radius 3 is 2.73 bits per heavy atom. The summed E-state index contributed by atoms with van der Waals surface area (Å²) >= 11 is 3.49. The van der Waals surface area contributed by atoms with Crippen LogP contribution >= 0.6 is 15.9 Å². The molecule has 1 aromatic heterocycles. The van der Waals surface area contributed by atoms with E-state index in [1.165, 1.54) is 0 Å². The number of rotatable bonds is 2. The fraction of sp³-hybridized carbons (Fsp3) is 0.182. The van der Waals surface area contributed by atoms with Gasteiger partial charge in [-0.3, -0.25) is 0 Å². The Labute approximate surface area is 96.4 Å². The minimum Gasteiger partial charge on any atom is -0.364 e. The molecule has 1 atom stereocenters. The van der Waals surface area contributed by atoms with E-state index >= 15 is 0 Å². The SMILES string of the molecule is CC(N)c1nocc1-c1ccccc1Br. The molecule has 2 N–H and O–H groups in total. The van der Waals surface area contributed by atoms with Crippen molar-refractivity contribution in [3.8, 4) is 11.1 Å². The van der Waals surface area contributed by atoms with Crippen molar-refractivity contribution in [2.75, 3.05) is 0 Å². The quantitative estimate of drug-likeness (QED) is 0.909. The molecule has 0 radical (unpaired) electrons. The van der Waals surface area contributed by atoms with Crippen LogP contribution in [-0.2, 0) is 0 Å². The van der Waals surface area contributed by atoms with Gasteiger partial charge < -0.3 is 10.3 Å². The third-order valence-corrected chi connectivity index (χ3v) is 2.88. The standard InChI is InChI=1S/C11H11BrN2O/c1-7(13)11-9(6-15-14-11)8-4-2-3-5-10(8)12/h2-7H,13H2,1H3. The molecule has 0 fully saturated rings. The molecule has 15 heavy (non-hydrogen) atoms. The predicted octanol–water partition coefficient (Wildman–Crippen LogP) is 3.12. The second-order valence-electron chi connectivity index (χ2n) is 3.38. The summed E-state index contributed by atoms with van der Waals surface area (Å²) in [5.41, 5.74) is 8.58. The van der Waals surface area contributed by atoms with Gasteiger partial charge in [0.2, 0.25) is 0 Å². The fourth-order valence-corrected chi connectivity index (χ4v) is 1.95. The summed E-state index contributed by atoms with van der Waals surface area (Å²) in [7, 11) is 0. The molecule has 1 heterocycles. The fourth-order valence-electron chi connectivity index (χ4n) is 1.45. The maximum atomic E-state index is 5.81. The lowest BCUT2D eigenvalue weighted by Crippen LogP contribution is -2.06. The van der Waals surface area contributed by atoms with Crippen LogP contribution in [0.3, 0.4) is 0 Å². The van der Waals surface area contributed by atoms with Crippen molar-refractivity contribution in [1.29, 1.82) is 0 Å². The maximum absolute atomic E-state index is 5.81. The van der Waals surface area contributed by atoms with Crippen LogP contribution in [0.1, 0.15) is 18.7 Å². The summed E-state index contributed by atoms with van der Waals surface area (Å²) in [6.45, 7) is 1.89. The molecule has 1 aromatic carbocycles. The zero-order valence-electron chi connectivity index (χ0n) is 8.27. The molecule has 2 rings (SSSR count). The van der Waals surface area contributed by atoms with Gasteiger partial charge in [-0.05, 0) is 13.0 Å². The van der Waals surface area contributed by atoms with Gasteiger partial charge in [-0.25, -0.2) is 0 Å². The molecule has 0 aliphatic rings. The van der Waals surface area contributed by atoms with E-state index in [-0.39, 0.29) is 6.04 Å². The molecular formula is C11H11BrN2O. The molecule has 0 bridgehead atoms. The lowest BCUT2D eigenvalue weighted by molar-refractivity contribution is 0.407. The molecule has 2 aromatic rings. The highest BCUT2D eigenvalue weighted by molar-refractivity contribution is 9.10. The van der Waals surface area contributed by atoms with E-state index in [2.05, 4.69) is 21.1 Å². The van der Waals surface area contributed by atoms with Crippen molar-refractivity contribution in [2.45, 2.75) is 13.0 Å². The largest absolute Gasteiger partial charge is 0.364 e. The summed E-state index contributed by atoms with van der Waals surface area (Å²) in [6.07, 6.45) is 1.62. The first-order valence-corrected chi connectivity index (χ1v) is 5.44. The van der Waals surface area contributed by atoms with E-state index in [1.807, 2.05) is 31.2 Å². The molecule has 0 aliphatic heterocycles. The third-order valence-electron chi connectivity index (χ3n) is 2.19. The van der Waals surface area contributed by atoms with E-state index < -0.39 is 0 Å². The highest BCUT2D eigenvalue weighted by Crippen LogP contribution is 2.31. The summed E-state index contributed by atoms with van der Waals surface area (Å²) < 4.78 is 5.97. The molecule has 0 saturated heterocycles. The molecule has 1 unspecified atom stereocenters. The lowest BCUT2D eigenvalue weighted by atomic mass is 10.0. The van der Waals surface area contributed by atoms with Crippen LogP contribution < -0.4 is 5.73 Å². The van der Waals surface area contributed by atoms with Crippen molar-refractivity contribution < 1.29 is 4.52 Å². The normalized spacial score (nSPS) is 12.7. The van der Waals surface area contributed by atoms with Crippen molar-refractivity contribution in [3.05, 3.63) is 40.7 Å². The maximum Gasteiger partial charge on any atom is 0.132 e. The van der Waals surface area contributed by atoms with Crippen LogP contribution in [0.15, 0.2) is 39.5 Å². The van der Waals surface area contributed by atoms with E-state index in [0.717, 1.165) is 21.3 Å². The van der Waals surface area contributed by atoms with Crippen LogP contribution in [-0.4, -0.2) is 5.16 Å². The van der Waals surface area contributed by atoms with Gasteiger partial charge in [-0.2, -0.15) is 0 Å². The highest BCUT2D eigenvalue weighted by atomic mass is 79.9. The second-order valence-corrected chi connectivity index (χ2v) is 4.24. The molecule has 3 nitrogen and oxygen atoms in total. The average Bonchev–Trinajstić information content (AvgIpc) is 2.67. The molecule has 4 heteroatoms. The first-order valence-electron chi connectivity index (χ1n) is 4.65. The van der Waals surface area contributed by atoms with Crippen LogP contribution in [0.4, 0.5) is 0 Å². The van der Waals surface area contributed by atoms with Crippen LogP contribution in [0.2, 0.25) is 0 Å². The van der Waals surface area contributed by atoms with Crippen molar-refractivity contribution in [3.63, 3.8) is 0 Å². The van der Waals surface area contributed by atoms with Gasteiger partial charge in [0, 0.05) is 21.6 Å². The smallest absolute Gasteiger partial charge is 0.132 e. The van der Waals surface area contributed by atoms with Gasteiger partial charge in [0.25, 0.3) is 0 Å². The molecule has 0 spiro atoms. The van der Waals surface area contributed by atoms with Gasteiger partial charge in [0.15, 0.2) is 0 Å². The number of aromatic nitrogens is 1.